The van der Waals surface area contributed by atoms with Crippen LogP contribution in [0.5, 0.6) is 6.08 Å². The van der Waals surface area contributed by atoms with E-state index in [2.05, 4.69) is 10.3 Å². The molecule has 0 bridgehead atoms. The SMILES string of the molecule is O=C(COc1nc2ccc(Cl)cc2o1)Nc1ccccc1. The second-order valence-electron chi connectivity index (χ2n) is 4.29. The van der Waals surface area contributed by atoms with Crippen LogP contribution in [0.4, 0.5) is 5.69 Å². The van der Waals surface area contributed by atoms with Crippen LogP contribution in [0.25, 0.3) is 11.1 Å². The Bertz CT molecular complexity index is 771. The number of anilines is 1. The van der Waals surface area contributed by atoms with Crippen LogP contribution < -0.4 is 10.1 Å². The molecule has 1 heterocycles. The number of para-hydroxylation sites is 1. The number of nitrogens with one attached hydrogen (secondary N) is 1. The molecule has 21 heavy (non-hydrogen) atoms. The Kier molecular flexibility index (Phi) is 3.75. The summed E-state index contributed by atoms with van der Waals surface area (Å²) in [7, 11) is 0. The summed E-state index contributed by atoms with van der Waals surface area (Å²) in [5.41, 5.74) is 1.84. The van der Waals surface area contributed by atoms with Crippen molar-refractivity contribution >= 4 is 34.3 Å². The standard InChI is InChI=1S/C15H11ClN2O3/c16-10-6-7-12-13(8-10)21-15(18-12)20-9-14(19)17-11-4-2-1-3-5-11/h1-8H,9H2,(H,17,19). The zero-order valence-corrected chi connectivity index (χ0v) is 11.6. The largest absolute Gasteiger partial charge is 0.440 e. The van der Waals surface area contributed by atoms with Crippen LogP contribution in [0.2, 0.25) is 5.02 Å². The van der Waals surface area contributed by atoms with Crippen molar-refractivity contribution in [2.24, 2.45) is 0 Å². The zero-order valence-electron chi connectivity index (χ0n) is 10.9. The lowest BCUT2D eigenvalue weighted by molar-refractivity contribution is -0.118. The summed E-state index contributed by atoms with van der Waals surface area (Å²) in [5, 5.41) is 3.25. The molecule has 0 unspecified atom stereocenters. The number of benzene rings is 2. The summed E-state index contributed by atoms with van der Waals surface area (Å²) < 4.78 is 10.6. The van der Waals surface area contributed by atoms with Crippen molar-refractivity contribution in [3.8, 4) is 6.08 Å². The van der Waals surface area contributed by atoms with Gasteiger partial charge >= 0.3 is 6.08 Å². The number of ether oxygens (including phenoxy) is 1. The van der Waals surface area contributed by atoms with Crippen molar-refractivity contribution < 1.29 is 13.9 Å². The number of fused-ring (bicyclic) bond motifs is 1. The Labute approximate surface area is 125 Å². The molecule has 1 aromatic heterocycles. The molecule has 1 amide bonds. The number of carbonyl (C=O) groups excluding carboxylic acids is 1. The fraction of sp³-hybridized carbons (Fsp3) is 0.0667. The molecule has 0 aliphatic carbocycles. The van der Waals surface area contributed by atoms with E-state index in [4.69, 9.17) is 20.8 Å². The van der Waals surface area contributed by atoms with E-state index >= 15 is 0 Å². The smallest absolute Gasteiger partial charge is 0.395 e. The number of halogens is 1. The minimum Gasteiger partial charge on any atom is -0.440 e. The fourth-order valence-corrected chi connectivity index (χ4v) is 1.95. The van der Waals surface area contributed by atoms with Gasteiger partial charge in [-0.1, -0.05) is 29.8 Å². The predicted octanol–water partition coefficient (Wildman–Crippen LogP) is 3.50. The van der Waals surface area contributed by atoms with E-state index in [1.165, 1.54) is 0 Å². The minimum atomic E-state index is -0.290. The highest BCUT2D eigenvalue weighted by Gasteiger charge is 2.10. The van der Waals surface area contributed by atoms with Crippen LogP contribution in [0, 0.1) is 0 Å². The van der Waals surface area contributed by atoms with E-state index < -0.39 is 0 Å². The van der Waals surface area contributed by atoms with Gasteiger partial charge in [0.05, 0.1) is 0 Å². The van der Waals surface area contributed by atoms with Gasteiger partial charge < -0.3 is 14.5 Å². The molecular weight excluding hydrogens is 292 g/mol. The van der Waals surface area contributed by atoms with E-state index in [-0.39, 0.29) is 18.6 Å². The third-order valence-electron chi connectivity index (χ3n) is 2.72. The summed E-state index contributed by atoms with van der Waals surface area (Å²) in [6.45, 7) is -0.185. The fourth-order valence-electron chi connectivity index (χ4n) is 1.78. The van der Waals surface area contributed by atoms with Crippen molar-refractivity contribution in [3.63, 3.8) is 0 Å². The second-order valence-corrected chi connectivity index (χ2v) is 4.73. The molecule has 0 aliphatic rings. The number of carbonyl (C=O) groups is 1. The van der Waals surface area contributed by atoms with Crippen molar-refractivity contribution in [1.82, 2.24) is 4.98 Å². The summed E-state index contributed by atoms with van der Waals surface area (Å²) in [5.74, 6) is -0.290. The first kappa shape index (κ1) is 13.5. The van der Waals surface area contributed by atoms with Crippen molar-refractivity contribution in [1.29, 1.82) is 0 Å². The van der Waals surface area contributed by atoms with Crippen molar-refractivity contribution in [2.45, 2.75) is 0 Å². The maximum Gasteiger partial charge on any atom is 0.395 e. The van der Waals surface area contributed by atoms with Crippen LogP contribution in [0.15, 0.2) is 52.9 Å². The molecular formula is C15H11ClN2O3. The molecule has 0 saturated carbocycles. The monoisotopic (exact) mass is 302 g/mol. The Morgan fingerprint density at radius 2 is 2.05 bits per heavy atom. The third kappa shape index (κ3) is 3.32. The zero-order chi connectivity index (χ0) is 14.7. The molecule has 5 nitrogen and oxygen atoms in total. The van der Waals surface area contributed by atoms with Gasteiger partial charge in [-0.05, 0) is 24.3 Å². The maximum atomic E-state index is 11.7. The van der Waals surface area contributed by atoms with E-state index in [1.54, 1.807) is 30.3 Å². The van der Waals surface area contributed by atoms with Gasteiger partial charge in [-0.25, -0.2) is 0 Å². The number of nitrogens with zero attached hydrogens (tertiary/aromatic N) is 1. The number of hydrogen-bond acceptors (Lipinski definition) is 4. The Morgan fingerprint density at radius 3 is 2.86 bits per heavy atom. The Morgan fingerprint density at radius 1 is 1.24 bits per heavy atom. The predicted molar refractivity (Wildman–Crippen MR) is 79.6 cm³/mol. The second kappa shape index (κ2) is 5.85. The quantitative estimate of drug-likeness (QED) is 0.801. The highest BCUT2D eigenvalue weighted by molar-refractivity contribution is 6.31. The van der Waals surface area contributed by atoms with Crippen LogP contribution in [-0.4, -0.2) is 17.5 Å². The summed E-state index contributed by atoms with van der Waals surface area (Å²) >= 11 is 5.85. The Balaban J connectivity index is 1.62. The first-order chi connectivity index (χ1) is 10.2. The lowest BCUT2D eigenvalue weighted by Crippen LogP contribution is -2.20. The van der Waals surface area contributed by atoms with Gasteiger partial charge in [0.2, 0.25) is 0 Å². The van der Waals surface area contributed by atoms with Gasteiger partial charge in [0.25, 0.3) is 5.91 Å². The molecule has 0 aliphatic heterocycles. The van der Waals surface area contributed by atoms with E-state index in [0.717, 1.165) is 0 Å². The van der Waals surface area contributed by atoms with Crippen molar-refractivity contribution in [2.75, 3.05) is 11.9 Å². The first-order valence-electron chi connectivity index (χ1n) is 6.24. The topological polar surface area (TPSA) is 64.4 Å². The van der Waals surface area contributed by atoms with E-state index in [1.807, 2.05) is 18.2 Å². The number of rotatable bonds is 4. The highest BCUT2D eigenvalue weighted by Crippen LogP contribution is 2.23. The van der Waals surface area contributed by atoms with Crippen LogP contribution >= 0.6 is 11.6 Å². The number of aromatic nitrogens is 1. The minimum absolute atomic E-state index is 0.0375. The molecule has 0 spiro atoms. The van der Waals surface area contributed by atoms with Gasteiger partial charge in [-0.15, -0.1) is 0 Å². The summed E-state index contributed by atoms with van der Waals surface area (Å²) in [4.78, 5) is 15.8. The summed E-state index contributed by atoms with van der Waals surface area (Å²) in [6, 6.07) is 14.2. The first-order valence-corrected chi connectivity index (χ1v) is 6.62. The normalized spacial score (nSPS) is 10.5. The molecule has 2 aromatic carbocycles. The van der Waals surface area contributed by atoms with Crippen molar-refractivity contribution in [3.05, 3.63) is 53.6 Å². The van der Waals surface area contributed by atoms with E-state index in [9.17, 15) is 4.79 Å². The van der Waals surface area contributed by atoms with Gasteiger partial charge in [-0.3, -0.25) is 4.79 Å². The molecule has 0 saturated heterocycles. The van der Waals surface area contributed by atoms with Gasteiger partial charge in [0.1, 0.15) is 5.52 Å². The average Bonchev–Trinajstić information content (AvgIpc) is 2.88. The van der Waals surface area contributed by atoms with E-state index in [0.29, 0.717) is 21.8 Å². The summed E-state index contributed by atoms with van der Waals surface area (Å²) in [6.07, 6.45) is 0.0375. The van der Waals surface area contributed by atoms with Crippen LogP contribution in [0.1, 0.15) is 0 Å². The lowest BCUT2D eigenvalue weighted by atomic mass is 10.3. The lowest BCUT2D eigenvalue weighted by Gasteiger charge is -2.04. The Hall–Kier alpha value is -2.53. The van der Waals surface area contributed by atoms with Crippen LogP contribution in [-0.2, 0) is 4.79 Å². The van der Waals surface area contributed by atoms with Gasteiger partial charge in [-0.2, -0.15) is 4.98 Å². The average molecular weight is 303 g/mol. The molecule has 3 aromatic rings. The van der Waals surface area contributed by atoms with Crippen LogP contribution in [0.3, 0.4) is 0 Å². The molecule has 3 rings (SSSR count). The number of oxazole rings is 1. The maximum absolute atomic E-state index is 11.7. The number of hydrogen-bond donors (Lipinski definition) is 1. The third-order valence-corrected chi connectivity index (χ3v) is 2.95. The molecule has 0 fully saturated rings. The number of amides is 1. The van der Waals surface area contributed by atoms with Gasteiger partial charge in [0, 0.05) is 16.8 Å². The highest BCUT2D eigenvalue weighted by atomic mass is 35.5. The van der Waals surface area contributed by atoms with Gasteiger partial charge in [0.15, 0.2) is 12.2 Å². The molecule has 106 valence electrons. The molecule has 6 heteroatoms. The molecule has 1 N–H and O–H groups in total. The molecule has 0 atom stereocenters. The molecule has 0 radical (unpaired) electrons.